The van der Waals surface area contributed by atoms with Gasteiger partial charge in [-0.2, -0.15) is 9.97 Å². The van der Waals surface area contributed by atoms with Gasteiger partial charge in [0.2, 0.25) is 5.95 Å². The van der Waals surface area contributed by atoms with Crippen LogP contribution in [0, 0.1) is 5.82 Å². The van der Waals surface area contributed by atoms with E-state index in [0.717, 1.165) is 43.4 Å². The smallest absolute Gasteiger partial charge is 0.232 e. The summed E-state index contributed by atoms with van der Waals surface area (Å²) in [7, 11) is 0. The van der Waals surface area contributed by atoms with Gasteiger partial charge in [-0.1, -0.05) is 12.1 Å². The van der Waals surface area contributed by atoms with Crippen LogP contribution in [0.2, 0.25) is 0 Å². The molecule has 6 nitrogen and oxygen atoms in total. The van der Waals surface area contributed by atoms with Crippen LogP contribution < -0.4 is 20.4 Å². The highest BCUT2D eigenvalue weighted by Gasteiger charge is 2.20. The number of benzene rings is 1. The number of nitrogens with zero attached hydrogens (tertiary/aromatic N) is 4. The van der Waals surface area contributed by atoms with E-state index < -0.39 is 0 Å². The SMILES string of the molecule is Fc1ccc(CNC(=S)Nc2nc(N3CCCC3)cc(N3CCCC3)n2)cc1. The molecule has 1 aromatic carbocycles. The van der Waals surface area contributed by atoms with Gasteiger partial charge in [0.1, 0.15) is 17.5 Å². The quantitative estimate of drug-likeness (QED) is 0.747. The molecule has 1 aromatic heterocycles. The third-order valence-electron chi connectivity index (χ3n) is 5.15. The minimum Gasteiger partial charge on any atom is -0.358 e. The lowest BCUT2D eigenvalue weighted by Crippen LogP contribution is -2.30. The molecule has 0 aliphatic carbocycles. The van der Waals surface area contributed by atoms with Crippen molar-refractivity contribution in [3.63, 3.8) is 0 Å². The number of thiocarbonyl (C=S) groups is 1. The van der Waals surface area contributed by atoms with Crippen molar-refractivity contribution < 1.29 is 4.39 Å². The van der Waals surface area contributed by atoms with Crippen LogP contribution >= 0.6 is 12.2 Å². The molecule has 2 aliphatic heterocycles. The zero-order valence-corrected chi connectivity index (χ0v) is 16.6. The van der Waals surface area contributed by atoms with Gasteiger partial charge in [-0.15, -0.1) is 0 Å². The van der Waals surface area contributed by atoms with Crippen LogP contribution in [0.4, 0.5) is 22.0 Å². The Morgan fingerprint density at radius 2 is 1.46 bits per heavy atom. The number of rotatable bonds is 5. The predicted molar refractivity (Wildman–Crippen MR) is 114 cm³/mol. The van der Waals surface area contributed by atoms with Gasteiger partial charge in [-0.25, -0.2) is 4.39 Å². The first-order valence-corrected chi connectivity index (χ1v) is 10.3. The Morgan fingerprint density at radius 3 is 2.00 bits per heavy atom. The molecule has 8 heteroatoms. The van der Waals surface area contributed by atoms with Crippen molar-refractivity contribution in [2.24, 2.45) is 0 Å². The fourth-order valence-corrected chi connectivity index (χ4v) is 3.79. The zero-order valence-electron chi connectivity index (χ0n) is 15.8. The van der Waals surface area contributed by atoms with Crippen molar-refractivity contribution >= 4 is 34.9 Å². The van der Waals surface area contributed by atoms with E-state index >= 15 is 0 Å². The molecule has 2 aromatic rings. The largest absolute Gasteiger partial charge is 0.358 e. The Labute approximate surface area is 170 Å². The van der Waals surface area contributed by atoms with Crippen molar-refractivity contribution in [3.05, 3.63) is 41.7 Å². The first-order chi connectivity index (χ1) is 13.7. The average Bonchev–Trinajstić information content (AvgIpc) is 3.41. The number of hydrogen-bond donors (Lipinski definition) is 2. The van der Waals surface area contributed by atoms with E-state index in [0.29, 0.717) is 17.6 Å². The van der Waals surface area contributed by atoms with E-state index in [1.807, 2.05) is 0 Å². The summed E-state index contributed by atoms with van der Waals surface area (Å²) >= 11 is 5.41. The first kappa shape index (κ1) is 18.9. The van der Waals surface area contributed by atoms with Crippen LogP contribution in [0.1, 0.15) is 31.2 Å². The standard InChI is InChI=1S/C20H25FN6S/c21-16-7-5-15(6-8-16)14-22-20(28)25-19-23-17(26-9-1-2-10-26)13-18(24-19)27-11-3-4-12-27/h5-8,13H,1-4,9-12,14H2,(H2,22,23,24,25,28). The highest BCUT2D eigenvalue weighted by atomic mass is 32.1. The minimum absolute atomic E-state index is 0.244. The Balaban J connectivity index is 1.45. The summed E-state index contributed by atoms with van der Waals surface area (Å²) in [6.07, 6.45) is 4.79. The molecule has 0 unspecified atom stereocenters. The third kappa shape index (κ3) is 4.67. The predicted octanol–water partition coefficient (Wildman–Crippen LogP) is 3.30. The summed E-state index contributed by atoms with van der Waals surface area (Å²) in [6, 6.07) is 8.45. The van der Waals surface area contributed by atoms with Crippen LogP contribution in [-0.4, -0.2) is 41.3 Å². The molecule has 0 spiro atoms. The molecule has 2 saturated heterocycles. The van der Waals surface area contributed by atoms with Gasteiger partial charge < -0.3 is 20.4 Å². The van der Waals surface area contributed by atoms with Crippen LogP contribution in [-0.2, 0) is 6.54 Å². The van der Waals surface area contributed by atoms with Crippen molar-refractivity contribution in [2.45, 2.75) is 32.2 Å². The topological polar surface area (TPSA) is 56.3 Å². The second-order valence-electron chi connectivity index (χ2n) is 7.23. The summed E-state index contributed by atoms with van der Waals surface area (Å²) in [5.41, 5.74) is 0.954. The summed E-state index contributed by atoms with van der Waals surface area (Å²) in [4.78, 5) is 14.0. The molecule has 0 amide bonds. The lowest BCUT2D eigenvalue weighted by Gasteiger charge is -2.22. The second-order valence-corrected chi connectivity index (χ2v) is 7.64. The van der Waals surface area contributed by atoms with E-state index in [1.165, 1.54) is 37.8 Å². The van der Waals surface area contributed by atoms with Crippen molar-refractivity contribution in [1.82, 2.24) is 15.3 Å². The first-order valence-electron chi connectivity index (χ1n) is 9.86. The lowest BCUT2D eigenvalue weighted by atomic mass is 10.2. The monoisotopic (exact) mass is 400 g/mol. The van der Waals surface area contributed by atoms with Gasteiger partial charge in [-0.05, 0) is 55.6 Å². The molecule has 2 aliphatic rings. The molecule has 148 valence electrons. The van der Waals surface area contributed by atoms with Gasteiger partial charge in [-0.3, -0.25) is 0 Å². The third-order valence-corrected chi connectivity index (χ3v) is 5.40. The van der Waals surface area contributed by atoms with Crippen molar-refractivity contribution in [2.75, 3.05) is 41.3 Å². The molecule has 0 atom stereocenters. The van der Waals surface area contributed by atoms with E-state index in [4.69, 9.17) is 22.2 Å². The van der Waals surface area contributed by atoms with Gasteiger partial charge in [0.25, 0.3) is 0 Å². The van der Waals surface area contributed by atoms with Crippen LogP contribution in [0.25, 0.3) is 0 Å². The summed E-state index contributed by atoms with van der Waals surface area (Å²) in [5.74, 6) is 2.19. The van der Waals surface area contributed by atoms with E-state index in [1.54, 1.807) is 12.1 Å². The maximum absolute atomic E-state index is 13.0. The van der Waals surface area contributed by atoms with Crippen LogP contribution in [0.3, 0.4) is 0 Å². The Bertz CT molecular complexity index is 782. The van der Waals surface area contributed by atoms with E-state index in [-0.39, 0.29) is 5.82 Å². The summed E-state index contributed by atoms with van der Waals surface area (Å²) < 4.78 is 13.0. The molecule has 3 heterocycles. The number of halogens is 1. The normalized spacial score (nSPS) is 16.5. The van der Waals surface area contributed by atoms with Crippen molar-refractivity contribution in [1.29, 1.82) is 0 Å². The van der Waals surface area contributed by atoms with Gasteiger partial charge in [0.05, 0.1) is 0 Å². The number of nitrogens with one attached hydrogen (secondary N) is 2. The molecule has 2 fully saturated rings. The Hall–Kier alpha value is -2.48. The second kappa shape index (κ2) is 8.68. The number of anilines is 3. The van der Waals surface area contributed by atoms with Gasteiger partial charge >= 0.3 is 0 Å². The highest BCUT2D eigenvalue weighted by Crippen LogP contribution is 2.26. The Kier molecular flexibility index (Phi) is 5.85. The molecule has 0 radical (unpaired) electrons. The number of hydrogen-bond acceptors (Lipinski definition) is 5. The highest BCUT2D eigenvalue weighted by molar-refractivity contribution is 7.80. The molecule has 28 heavy (non-hydrogen) atoms. The maximum Gasteiger partial charge on any atom is 0.232 e. The van der Waals surface area contributed by atoms with Crippen molar-refractivity contribution in [3.8, 4) is 0 Å². The maximum atomic E-state index is 13.0. The molecule has 0 saturated carbocycles. The zero-order chi connectivity index (χ0) is 19.3. The summed E-state index contributed by atoms with van der Waals surface area (Å²) in [6.45, 7) is 4.63. The van der Waals surface area contributed by atoms with E-state index in [9.17, 15) is 4.39 Å². The lowest BCUT2D eigenvalue weighted by molar-refractivity contribution is 0.627. The van der Waals surface area contributed by atoms with Crippen LogP contribution in [0.15, 0.2) is 30.3 Å². The molecular formula is C20H25FN6S. The molecule has 0 bridgehead atoms. The average molecular weight is 401 g/mol. The van der Waals surface area contributed by atoms with Crippen LogP contribution in [0.5, 0.6) is 0 Å². The summed E-state index contributed by atoms with van der Waals surface area (Å²) in [5, 5.41) is 6.71. The molecule has 2 N–H and O–H groups in total. The minimum atomic E-state index is -0.244. The van der Waals surface area contributed by atoms with Gasteiger partial charge in [0.15, 0.2) is 5.11 Å². The number of aromatic nitrogens is 2. The van der Waals surface area contributed by atoms with E-state index in [2.05, 4.69) is 26.5 Å². The fraction of sp³-hybridized carbons (Fsp3) is 0.450. The van der Waals surface area contributed by atoms with Gasteiger partial charge in [0, 0.05) is 38.8 Å². The Morgan fingerprint density at radius 1 is 0.929 bits per heavy atom. The molecular weight excluding hydrogens is 375 g/mol. The fourth-order valence-electron chi connectivity index (χ4n) is 3.62. The molecule has 4 rings (SSSR count).